The maximum Gasteiger partial charge on any atom is 0.335 e. The van der Waals surface area contributed by atoms with Gasteiger partial charge in [0, 0.05) is 34.6 Å². The number of benzene rings is 3. The van der Waals surface area contributed by atoms with Crippen molar-refractivity contribution < 1.29 is 45.7 Å². The van der Waals surface area contributed by atoms with E-state index in [0.717, 1.165) is 24.3 Å². The number of carboxylic acids is 1. The number of hydrogen-bond acceptors (Lipinski definition) is 5. The van der Waals surface area contributed by atoms with Gasteiger partial charge < -0.3 is 19.1 Å². The molecule has 3 heterocycles. The van der Waals surface area contributed by atoms with E-state index >= 15 is 13.2 Å². The molecule has 244 valence electrons. The Kier molecular flexibility index (Phi) is 8.43. The van der Waals surface area contributed by atoms with Gasteiger partial charge in [-0.05, 0) is 42.0 Å². The van der Waals surface area contributed by atoms with Gasteiger partial charge in [-0.3, -0.25) is 0 Å². The van der Waals surface area contributed by atoms with Crippen LogP contribution in [0.5, 0.6) is 5.88 Å². The standard InChI is InChI=1S/C34H27F6N3O4/c1-34(2)16-46-15-28(34)43-27-11-20(33(44)45)10-25(38)31(27)42-29(43)12-19-9-24(37)21(13-23(19)36)26-4-3-5-30(41-26)47-14-18-7-6-17(32(39)40)8-22(18)35/h3-11,13,28,32H,12,14-16H2,1-2H3,(H,44,45)/t28-/m1/s1. The minimum atomic E-state index is -2.83. The maximum atomic E-state index is 15.6. The third-order valence-electron chi connectivity index (χ3n) is 8.22. The summed E-state index contributed by atoms with van der Waals surface area (Å²) in [6.07, 6.45) is -3.08. The minimum absolute atomic E-state index is 0.000761. The fourth-order valence-corrected chi connectivity index (χ4v) is 5.68. The van der Waals surface area contributed by atoms with E-state index in [1.807, 2.05) is 13.8 Å². The van der Waals surface area contributed by atoms with Gasteiger partial charge in [0.1, 0.15) is 35.4 Å². The summed E-state index contributed by atoms with van der Waals surface area (Å²) >= 11 is 0. The van der Waals surface area contributed by atoms with Crippen LogP contribution in [-0.2, 0) is 17.8 Å². The minimum Gasteiger partial charge on any atom is -0.478 e. The Hall–Kier alpha value is -4.91. The van der Waals surface area contributed by atoms with Gasteiger partial charge in [-0.25, -0.2) is 41.1 Å². The highest BCUT2D eigenvalue weighted by Crippen LogP contribution is 2.41. The van der Waals surface area contributed by atoms with Gasteiger partial charge in [0.25, 0.3) is 6.43 Å². The number of alkyl halides is 2. The number of imidazole rings is 1. The summed E-state index contributed by atoms with van der Waals surface area (Å²) in [7, 11) is 0. The van der Waals surface area contributed by atoms with E-state index in [4.69, 9.17) is 9.47 Å². The highest BCUT2D eigenvalue weighted by molar-refractivity contribution is 5.93. The van der Waals surface area contributed by atoms with Gasteiger partial charge in [-0.15, -0.1) is 0 Å². The molecule has 1 fully saturated rings. The number of aromatic nitrogens is 3. The Morgan fingerprint density at radius 2 is 1.74 bits per heavy atom. The van der Waals surface area contributed by atoms with Gasteiger partial charge in [0.2, 0.25) is 5.88 Å². The number of hydrogen-bond donors (Lipinski definition) is 1. The smallest absolute Gasteiger partial charge is 0.335 e. The fourth-order valence-electron chi connectivity index (χ4n) is 5.68. The van der Waals surface area contributed by atoms with E-state index < -0.39 is 52.7 Å². The zero-order chi connectivity index (χ0) is 33.6. The zero-order valence-corrected chi connectivity index (χ0v) is 25.0. The Morgan fingerprint density at radius 3 is 2.43 bits per heavy atom. The number of rotatable bonds is 9. The number of halogens is 6. The molecule has 13 heteroatoms. The molecule has 7 nitrogen and oxygen atoms in total. The molecule has 1 aliphatic rings. The van der Waals surface area contributed by atoms with Crippen LogP contribution >= 0.6 is 0 Å². The number of ether oxygens (including phenoxy) is 2. The predicted molar refractivity (Wildman–Crippen MR) is 158 cm³/mol. The molecular weight excluding hydrogens is 628 g/mol. The fraction of sp³-hybridized carbons (Fsp3) is 0.265. The van der Waals surface area contributed by atoms with Gasteiger partial charge >= 0.3 is 5.97 Å². The first-order valence-electron chi connectivity index (χ1n) is 14.5. The highest BCUT2D eigenvalue weighted by atomic mass is 19.3. The molecule has 0 aliphatic carbocycles. The van der Waals surface area contributed by atoms with Crippen molar-refractivity contribution in [1.29, 1.82) is 0 Å². The average Bonchev–Trinajstić information content (AvgIpc) is 3.56. The first kappa shape index (κ1) is 32.0. The van der Waals surface area contributed by atoms with Crippen LogP contribution in [0.25, 0.3) is 22.3 Å². The summed E-state index contributed by atoms with van der Waals surface area (Å²) < 4.78 is 99.0. The highest BCUT2D eigenvalue weighted by Gasteiger charge is 2.39. The maximum absolute atomic E-state index is 15.6. The second-order valence-corrected chi connectivity index (χ2v) is 12.0. The molecule has 6 rings (SSSR count). The van der Waals surface area contributed by atoms with Crippen molar-refractivity contribution in [3.05, 3.63) is 112 Å². The van der Waals surface area contributed by atoms with Gasteiger partial charge in [0.05, 0.1) is 36.0 Å². The Bertz CT molecular complexity index is 2010. The first-order chi connectivity index (χ1) is 22.3. The number of fused-ring (bicyclic) bond motifs is 1. The van der Waals surface area contributed by atoms with Crippen LogP contribution in [0, 0.1) is 28.7 Å². The zero-order valence-electron chi connectivity index (χ0n) is 25.0. The van der Waals surface area contributed by atoms with E-state index in [2.05, 4.69) is 9.97 Å². The molecule has 1 saturated heterocycles. The Balaban J connectivity index is 1.31. The summed E-state index contributed by atoms with van der Waals surface area (Å²) in [4.78, 5) is 20.3. The van der Waals surface area contributed by atoms with Gasteiger partial charge in [0.15, 0.2) is 5.82 Å². The molecule has 1 atom stereocenters. The predicted octanol–water partition coefficient (Wildman–Crippen LogP) is 8.06. The molecule has 0 unspecified atom stereocenters. The summed E-state index contributed by atoms with van der Waals surface area (Å²) in [5.74, 6) is -4.55. The third-order valence-corrected chi connectivity index (χ3v) is 8.22. The summed E-state index contributed by atoms with van der Waals surface area (Å²) in [6.45, 7) is 4.09. The van der Waals surface area contributed by atoms with Crippen molar-refractivity contribution in [2.24, 2.45) is 5.41 Å². The second kappa shape index (κ2) is 12.4. The lowest BCUT2D eigenvalue weighted by Gasteiger charge is -2.28. The lowest BCUT2D eigenvalue weighted by Crippen LogP contribution is -2.27. The topological polar surface area (TPSA) is 86.5 Å². The molecular formula is C34H27F6N3O4. The van der Waals surface area contributed by atoms with E-state index in [1.165, 1.54) is 30.3 Å². The summed E-state index contributed by atoms with van der Waals surface area (Å²) in [6, 6.07) is 11.0. The van der Waals surface area contributed by atoms with Gasteiger partial charge in [-0.2, -0.15) is 0 Å². The largest absolute Gasteiger partial charge is 0.478 e. The van der Waals surface area contributed by atoms with Crippen molar-refractivity contribution in [2.45, 2.75) is 39.3 Å². The second-order valence-electron chi connectivity index (χ2n) is 12.0. The normalized spacial score (nSPS) is 15.9. The molecule has 1 N–H and O–H groups in total. The molecule has 0 spiro atoms. The van der Waals surface area contributed by atoms with Crippen LogP contribution < -0.4 is 4.74 Å². The summed E-state index contributed by atoms with van der Waals surface area (Å²) in [5.41, 5.74) is -1.39. The third kappa shape index (κ3) is 6.27. The van der Waals surface area contributed by atoms with Crippen LogP contribution in [0.1, 0.15) is 59.2 Å². The molecule has 0 bridgehead atoms. The Labute approximate surface area is 264 Å². The van der Waals surface area contributed by atoms with Crippen LogP contribution in [0.3, 0.4) is 0 Å². The quantitative estimate of drug-likeness (QED) is 0.162. The van der Waals surface area contributed by atoms with Crippen molar-refractivity contribution in [3.8, 4) is 17.1 Å². The average molecular weight is 656 g/mol. The SMILES string of the molecule is CC1(C)COC[C@H]1n1c(Cc2cc(F)c(-c3cccc(OCc4ccc(C(F)F)cc4F)n3)cc2F)nc2c(F)cc(C(=O)O)cc21. The van der Waals surface area contributed by atoms with Crippen molar-refractivity contribution >= 4 is 17.0 Å². The molecule has 47 heavy (non-hydrogen) atoms. The van der Waals surface area contributed by atoms with Crippen molar-refractivity contribution in [1.82, 2.24) is 14.5 Å². The number of pyridine rings is 1. The number of carbonyl (C=O) groups is 1. The van der Waals surface area contributed by atoms with Crippen LogP contribution in [0.15, 0.2) is 60.7 Å². The molecule has 5 aromatic rings. The molecule has 2 aromatic heterocycles. The molecule has 0 radical (unpaired) electrons. The monoisotopic (exact) mass is 655 g/mol. The van der Waals surface area contributed by atoms with E-state index in [1.54, 1.807) is 4.57 Å². The number of carboxylic acid groups (broad SMARTS) is 1. The Morgan fingerprint density at radius 1 is 0.979 bits per heavy atom. The van der Waals surface area contributed by atoms with Crippen LogP contribution in [-0.4, -0.2) is 38.8 Å². The van der Waals surface area contributed by atoms with E-state index in [-0.39, 0.29) is 70.3 Å². The summed E-state index contributed by atoms with van der Waals surface area (Å²) in [5, 5.41) is 9.53. The lowest BCUT2D eigenvalue weighted by atomic mass is 9.87. The molecule has 1 aliphatic heterocycles. The molecule has 0 amide bonds. The van der Waals surface area contributed by atoms with Crippen molar-refractivity contribution in [3.63, 3.8) is 0 Å². The van der Waals surface area contributed by atoms with Crippen LogP contribution in [0.2, 0.25) is 0 Å². The van der Waals surface area contributed by atoms with E-state index in [9.17, 15) is 23.1 Å². The van der Waals surface area contributed by atoms with Crippen LogP contribution in [0.4, 0.5) is 26.3 Å². The molecule has 0 saturated carbocycles. The lowest BCUT2D eigenvalue weighted by molar-refractivity contribution is 0.0696. The van der Waals surface area contributed by atoms with E-state index in [0.29, 0.717) is 12.7 Å². The van der Waals surface area contributed by atoms with Gasteiger partial charge in [-0.1, -0.05) is 32.0 Å². The van der Waals surface area contributed by atoms with Crippen molar-refractivity contribution in [2.75, 3.05) is 13.2 Å². The number of aromatic carboxylic acids is 1. The first-order valence-corrected chi connectivity index (χ1v) is 14.5. The number of nitrogens with zero attached hydrogens (tertiary/aromatic N) is 3. The molecule has 3 aromatic carbocycles.